The number of nitrogens with two attached hydrogens (primary N) is 1. The van der Waals surface area contributed by atoms with Gasteiger partial charge in [-0.25, -0.2) is 0 Å². The zero-order valence-corrected chi connectivity index (χ0v) is 8.84. The second-order valence-electron chi connectivity index (χ2n) is 2.82. The minimum atomic E-state index is 0.524. The lowest BCUT2D eigenvalue weighted by Crippen LogP contribution is -1.95. The number of hydrogen-bond donors (Lipinski definition) is 1. The first-order valence-corrected chi connectivity index (χ1v) is 5.20. The first-order valence-electron chi connectivity index (χ1n) is 4.08. The van der Waals surface area contributed by atoms with Gasteiger partial charge >= 0.3 is 0 Å². The third kappa shape index (κ3) is 2.74. The van der Waals surface area contributed by atoms with Crippen molar-refractivity contribution < 1.29 is 0 Å². The minimum Gasteiger partial charge on any atom is -0.399 e. The van der Waals surface area contributed by atoms with Gasteiger partial charge in [0, 0.05) is 17.4 Å². The van der Waals surface area contributed by atoms with Crippen LogP contribution in [0.3, 0.4) is 0 Å². The minimum absolute atomic E-state index is 0.524. The molecule has 0 amide bonds. The fourth-order valence-corrected chi connectivity index (χ4v) is 1.50. The third-order valence-electron chi connectivity index (χ3n) is 1.87. The summed E-state index contributed by atoms with van der Waals surface area (Å²) in [6, 6.07) is 8.03. The van der Waals surface area contributed by atoms with Crippen molar-refractivity contribution in [3.8, 4) is 6.07 Å². The molecule has 0 unspecified atom stereocenters. The topological polar surface area (TPSA) is 49.8 Å². The highest BCUT2D eigenvalue weighted by Crippen LogP contribution is 2.17. The molecule has 0 aliphatic rings. The van der Waals surface area contributed by atoms with E-state index >= 15 is 0 Å². The molecule has 0 aliphatic heterocycles. The number of anilines is 1. The molecular formula is C10H11BrN2. The molecule has 0 heterocycles. The van der Waals surface area contributed by atoms with E-state index in [9.17, 15) is 0 Å². The van der Waals surface area contributed by atoms with E-state index in [2.05, 4.69) is 22.0 Å². The first kappa shape index (κ1) is 10.1. The number of alkyl halides is 1. The van der Waals surface area contributed by atoms with E-state index in [-0.39, 0.29) is 0 Å². The summed E-state index contributed by atoms with van der Waals surface area (Å²) in [7, 11) is 0. The molecule has 1 aromatic rings. The highest BCUT2D eigenvalue weighted by molar-refractivity contribution is 9.08. The molecule has 1 rings (SSSR count). The number of nitrogens with zero attached hydrogens (tertiary/aromatic N) is 1. The van der Waals surface area contributed by atoms with E-state index in [1.165, 1.54) is 5.56 Å². The summed E-state index contributed by atoms with van der Waals surface area (Å²) in [6.07, 6.45) is 1.26. The SMILES string of the molecule is N#CCCc1cc(CBr)ccc1N. The average molecular weight is 239 g/mol. The summed E-state index contributed by atoms with van der Waals surface area (Å²) in [5.74, 6) is 0. The molecule has 68 valence electrons. The smallest absolute Gasteiger partial charge is 0.0625 e. The Morgan fingerprint density at radius 1 is 1.46 bits per heavy atom. The number of nitriles is 1. The van der Waals surface area contributed by atoms with E-state index in [0.717, 1.165) is 23.0 Å². The lowest BCUT2D eigenvalue weighted by molar-refractivity contribution is 1.01. The van der Waals surface area contributed by atoms with Crippen LogP contribution in [0.5, 0.6) is 0 Å². The average Bonchev–Trinajstić information content (AvgIpc) is 2.17. The van der Waals surface area contributed by atoms with Crippen molar-refractivity contribution in [3.05, 3.63) is 29.3 Å². The summed E-state index contributed by atoms with van der Waals surface area (Å²) in [4.78, 5) is 0. The molecule has 0 bridgehead atoms. The van der Waals surface area contributed by atoms with Gasteiger partial charge in [0.15, 0.2) is 0 Å². The number of nitrogen functional groups attached to an aromatic ring is 1. The highest BCUT2D eigenvalue weighted by atomic mass is 79.9. The molecule has 2 N–H and O–H groups in total. The number of benzene rings is 1. The predicted octanol–water partition coefficient (Wildman–Crippen LogP) is 2.62. The van der Waals surface area contributed by atoms with Gasteiger partial charge in [0.25, 0.3) is 0 Å². The zero-order valence-electron chi connectivity index (χ0n) is 7.26. The van der Waals surface area contributed by atoms with Crippen molar-refractivity contribution in [2.45, 2.75) is 18.2 Å². The maximum absolute atomic E-state index is 8.44. The summed E-state index contributed by atoms with van der Waals surface area (Å²) in [5.41, 5.74) is 8.80. The van der Waals surface area contributed by atoms with Crippen LogP contribution in [0.25, 0.3) is 0 Å². The van der Waals surface area contributed by atoms with E-state index < -0.39 is 0 Å². The predicted molar refractivity (Wildman–Crippen MR) is 57.4 cm³/mol. The number of aryl methyl sites for hydroxylation is 1. The number of hydrogen-bond acceptors (Lipinski definition) is 2. The molecule has 0 aliphatic carbocycles. The fraction of sp³-hybridized carbons (Fsp3) is 0.300. The Morgan fingerprint density at radius 3 is 2.85 bits per heavy atom. The van der Waals surface area contributed by atoms with Crippen LogP contribution in [0.15, 0.2) is 18.2 Å². The van der Waals surface area contributed by atoms with Crippen LogP contribution >= 0.6 is 15.9 Å². The molecule has 1 aromatic carbocycles. The molecule has 2 nitrogen and oxygen atoms in total. The maximum Gasteiger partial charge on any atom is 0.0625 e. The largest absolute Gasteiger partial charge is 0.399 e. The van der Waals surface area contributed by atoms with Gasteiger partial charge < -0.3 is 5.73 Å². The van der Waals surface area contributed by atoms with Crippen LogP contribution in [-0.2, 0) is 11.8 Å². The Bertz CT molecular complexity index is 328. The van der Waals surface area contributed by atoms with Crippen molar-refractivity contribution in [2.75, 3.05) is 5.73 Å². The first-order chi connectivity index (χ1) is 6.27. The Kier molecular flexibility index (Phi) is 3.78. The van der Waals surface area contributed by atoms with Gasteiger partial charge in [-0.3, -0.25) is 0 Å². The number of rotatable bonds is 3. The van der Waals surface area contributed by atoms with Crippen LogP contribution in [0, 0.1) is 11.3 Å². The van der Waals surface area contributed by atoms with Crippen molar-refractivity contribution in [1.29, 1.82) is 5.26 Å². The Balaban J connectivity index is 2.85. The Morgan fingerprint density at radius 2 is 2.23 bits per heavy atom. The van der Waals surface area contributed by atoms with Crippen LogP contribution in [-0.4, -0.2) is 0 Å². The lowest BCUT2D eigenvalue weighted by Gasteiger charge is -2.04. The summed E-state index contributed by atoms with van der Waals surface area (Å²) in [6.45, 7) is 0. The molecule has 0 spiro atoms. The van der Waals surface area contributed by atoms with Gasteiger partial charge in [0.1, 0.15) is 0 Å². The molecule has 0 atom stereocenters. The van der Waals surface area contributed by atoms with Crippen LogP contribution in [0.2, 0.25) is 0 Å². The molecule has 0 radical (unpaired) electrons. The van der Waals surface area contributed by atoms with Gasteiger partial charge in [0.2, 0.25) is 0 Å². The lowest BCUT2D eigenvalue weighted by atomic mass is 10.1. The molecule has 13 heavy (non-hydrogen) atoms. The molecule has 3 heteroatoms. The van der Waals surface area contributed by atoms with E-state index in [1.54, 1.807) is 0 Å². The van der Waals surface area contributed by atoms with E-state index in [1.807, 2.05) is 18.2 Å². The second-order valence-corrected chi connectivity index (χ2v) is 3.39. The number of halogens is 1. The van der Waals surface area contributed by atoms with Crippen molar-refractivity contribution in [3.63, 3.8) is 0 Å². The van der Waals surface area contributed by atoms with Crippen molar-refractivity contribution >= 4 is 21.6 Å². The van der Waals surface area contributed by atoms with E-state index in [4.69, 9.17) is 11.0 Å². The quantitative estimate of drug-likeness (QED) is 0.651. The summed E-state index contributed by atoms with van der Waals surface area (Å²) >= 11 is 3.38. The second kappa shape index (κ2) is 4.88. The van der Waals surface area contributed by atoms with Gasteiger partial charge in [-0.1, -0.05) is 28.1 Å². The molecule has 0 fully saturated rings. The molecular weight excluding hydrogens is 228 g/mol. The summed E-state index contributed by atoms with van der Waals surface area (Å²) in [5, 5.41) is 9.27. The zero-order chi connectivity index (χ0) is 9.68. The van der Waals surface area contributed by atoms with Gasteiger partial charge in [-0.2, -0.15) is 5.26 Å². The Labute approximate surface area is 86.5 Å². The van der Waals surface area contributed by atoms with Crippen LogP contribution in [0.1, 0.15) is 17.5 Å². The maximum atomic E-state index is 8.44. The van der Waals surface area contributed by atoms with Gasteiger partial charge in [0.05, 0.1) is 6.07 Å². The van der Waals surface area contributed by atoms with Crippen LogP contribution < -0.4 is 5.73 Å². The van der Waals surface area contributed by atoms with Gasteiger partial charge in [-0.05, 0) is 23.6 Å². The monoisotopic (exact) mass is 238 g/mol. The summed E-state index contributed by atoms with van der Waals surface area (Å²) < 4.78 is 0. The van der Waals surface area contributed by atoms with Crippen molar-refractivity contribution in [2.24, 2.45) is 0 Å². The Hall–Kier alpha value is -1.01. The third-order valence-corrected chi connectivity index (χ3v) is 2.52. The van der Waals surface area contributed by atoms with Gasteiger partial charge in [-0.15, -0.1) is 0 Å². The molecule has 0 saturated carbocycles. The standard InChI is InChI=1S/C10H11BrN2/c11-7-8-3-4-10(13)9(6-8)2-1-5-12/h3-4,6H,1-2,7,13H2. The molecule has 0 saturated heterocycles. The highest BCUT2D eigenvalue weighted by Gasteiger charge is 1.99. The molecule has 0 aromatic heterocycles. The van der Waals surface area contributed by atoms with E-state index in [0.29, 0.717) is 6.42 Å². The van der Waals surface area contributed by atoms with Crippen LogP contribution in [0.4, 0.5) is 5.69 Å². The van der Waals surface area contributed by atoms with Crippen molar-refractivity contribution in [1.82, 2.24) is 0 Å². The normalized spacial score (nSPS) is 9.54. The fourth-order valence-electron chi connectivity index (χ4n) is 1.15.